The molecule has 1 radical (unpaired) electrons. The van der Waals surface area contributed by atoms with Crippen LogP contribution in [0, 0.1) is 19.4 Å². The van der Waals surface area contributed by atoms with Gasteiger partial charge in [0.1, 0.15) is 11.6 Å². The quantitative estimate of drug-likeness (QED) is 0.127. The topological polar surface area (TPSA) is 61.5 Å². The van der Waals surface area contributed by atoms with Gasteiger partial charge in [-0.1, -0.05) is 109 Å². The largest absolute Gasteiger partial charge is 0.510 e. The number of imidazole rings is 2. The molecule has 0 fully saturated rings. The molecule has 307 valence electrons. The number of aromatic nitrogens is 5. The van der Waals surface area contributed by atoms with Gasteiger partial charge in [-0.15, -0.1) is 37.6 Å². The van der Waals surface area contributed by atoms with E-state index >= 15 is 0 Å². The molecular formula is C49H56N9Re-3. The average Bonchev–Trinajstić information content (AvgIpc) is 4.06. The molecule has 0 saturated carbocycles. The van der Waals surface area contributed by atoms with E-state index in [1.165, 1.54) is 33.6 Å². The first-order valence-electron chi connectivity index (χ1n) is 20.3. The second kappa shape index (κ2) is 18.7. The van der Waals surface area contributed by atoms with Gasteiger partial charge in [0, 0.05) is 56.6 Å². The van der Waals surface area contributed by atoms with Crippen molar-refractivity contribution < 1.29 is 20.4 Å². The van der Waals surface area contributed by atoms with Crippen LogP contribution in [0.3, 0.4) is 0 Å². The number of hydrogen-bond donors (Lipinski definition) is 0. The van der Waals surface area contributed by atoms with Crippen LogP contribution < -0.4 is 9.80 Å². The van der Waals surface area contributed by atoms with Crippen molar-refractivity contribution in [2.24, 2.45) is 0 Å². The van der Waals surface area contributed by atoms with Crippen molar-refractivity contribution >= 4 is 11.6 Å². The van der Waals surface area contributed by atoms with Crippen LogP contribution in [-0.2, 0) is 20.4 Å². The summed E-state index contributed by atoms with van der Waals surface area (Å²) in [6, 6.07) is 29.3. The molecule has 9 nitrogen and oxygen atoms in total. The van der Waals surface area contributed by atoms with Crippen LogP contribution in [0.4, 0.5) is 11.6 Å². The summed E-state index contributed by atoms with van der Waals surface area (Å²) in [5, 5.41) is 0. The summed E-state index contributed by atoms with van der Waals surface area (Å²) in [6.45, 7) is 22.0. The predicted octanol–water partition coefficient (Wildman–Crippen LogP) is 11.4. The first-order valence-corrected chi connectivity index (χ1v) is 20.3. The molecule has 59 heavy (non-hydrogen) atoms. The third kappa shape index (κ3) is 9.25. The zero-order chi connectivity index (χ0) is 41.1. The van der Waals surface area contributed by atoms with Crippen LogP contribution in [0.15, 0.2) is 122 Å². The third-order valence-corrected chi connectivity index (χ3v) is 10.5. The Balaban J connectivity index is 0.000000256. The minimum absolute atomic E-state index is 0. The Morgan fingerprint density at radius 3 is 1.19 bits per heavy atom. The summed E-state index contributed by atoms with van der Waals surface area (Å²) >= 11 is 0. The van der Waals surface area contributed by atoms with E-state index in [1.807, 2.05) is 102 Å². The SMILES string of the molecule is CC(C)c1cccc(C(C)C)c1-n1ccnc1-c1[c-]c(-c2nccn2-c2c(C(C)C)cccc2C(C)C)ccc1.CN1C=CN(c2cccc(N3C=CN(C)[CH-]3)n2)[CH-]1.[Re]. The molecule has 6 aromatic rings. The maximum Gasteiger partial charge on any atom is 0.106 e. The van der Waals surface area contributed by atoms with Crippen LogP contribution >= 0.6 is 0 Å². The Morgan fingerprint density at radius 2 is 0.847 bits per heavy atom. The Hall–Kier alpha value is -5.43. The van der Waals surface area contributed by atoms with Gasteiger partial charge in [0.25, 0.3) is 0 Å². The number of nitrogens with zero attached hydrogens (tertiary/aromatic N) is 9. The molecule has 0 atom stereocenters. The van der Waals surface area contributed by atoms with Crippen LogP contribution in [0.5, 0.6) is 0 Å². The van der Waals surface area contributed by atoms with Crippen molar-refractivity contribution in [3.05, 3.63) is 164 Å². The fraction of sp³-hybridized carbons (Fsp3) is 0.286. The molecule has 0 unspecified atom stereocenters. The van der Waals surface area contributed by atoms with Gasteiger partial charge in [0.2, 0.25) is 0 Å². The molecule has 0 amide bonds. The monoisotopic (exact) mass is 957 g/mol. The molecule has 0 saturated heterocycles. The molecule has 5 heterocycles. The van der Waals surface area contributed by atoms with Crippen molar-refractivity contribution in [2.45, 2.75) is 79.1 Å². The van der Waals surface area contributed by atoms with E-state index in [4.69, 9.17) is 9.97 Å². The molecule has 8 rings (SSSR count). The molecule has 2 aliphatic heterocycles. The molecule has 0 spiro atoms. The Labute approximate surface area is 365 Å². The van der Waals surface area contributed by atoms with Gasteiger partial charge in [-0.2, -0.15) is 0 Å². The van der Waals surface area contributed by atoms with Crippen molar-refractivity contribution in [3.63, 3.8) is 0 Å². The van der Waals surface area contributed by atoms with E-state index in [0.29, 0.717) is 23.7 Å². The van der Waals surface area contributed by atoms with Crippen molar-refractivity contribution in [3.8, 4) is 34.2 Å². The number of anilines is 2. The summed E-state index contributed by atoms with van der Waals surface area (Å²) < 4.78 is 4.50. The van der Waals surface area contributed by atoms with Gasteiger partial charge in [-0.05, 0) is 97.0 Å². The maximum atomic E-state index is 4.85. The fourth-order valence-electron chi connectivity index (χ4n) is 7.55. The molecular weight excluding hydrogens is 901 g/mol. The smallest absolute Gasteiger partial charge is 0.106 e. The van der Waals surface area contributed by atoms with Crippen LogP contribution in [-0.4, -0.2) is 48.0 Å². The molecule has 3 aromatic heterocycles. The van der Waals surface area contributed by atoms with Crippen LogP contribution in [0.25, 0.3) is 34.2 Å². The van der Waals surface area contributed by atoms with Crippen LogP contribution in [0.1, 0.15) is 101 Å². The van der Waals surface area contributed by atoms with Gasteiger partial charge in [0.15, 0.2) is 0 Å². The number of rotatable bonds is 10. The summed E-state index contributed by atoms with van der Waals surface area (Å²) in [6.07, 6.45) is 15.9. The summed E-state index contributed by atoms with van der Waals surface area (Å²) in [7, 11) is 3.98. The van der Waals surface area contributed by atoms with Crippen LogP contribution in [0.2, 0.25) is 0 Å². The first-order chi connectivity index (χ1) is 27.9. The molecule has 3 aromatic carbocycles. The number of benzene rings is 3. The Bertz CT molecular complexity index is 2190. The van der Waals surface area contributed by atoms with Gasteiger partial charge >= 0.3 is 0 Å². The third-order valence-electron chi connectivity index (χ3n) is 10.5. The summed E-state index contributed by atoms with van der Waals surface area (Å²) in [5.74, 6) is 5.16. The normalized spacial score (nSPS) is 13.7. The van der Waals surface area contributed by atoms with Gasteiger partial charge in [-0.25, -0.2) is 4.98 Å². The van der Waals surface area contributed by atoms with E-state index in [-0.39, 0.29) is 20.4 Å². The summed E-state index contributed by atoms with van der Waals surface area (Å²) in [4.78, 5) is 22.3. The first kappa shape index (κ1) is 43.2. The second-order valence-corrected chi connectivity index (χ2v) is 16.2. The minimum Gasteiger partial charge on any atom is -0.510 e. The zero-order valence-corrected chi connectivity index (χ0v) is 38.6. The number of pyridine rings is 1. The van der Waals surface area contributed by atoms with Gasteiger partial charge in [0.05, 0.1) is 11.6 Å². The molecule has 2 aliphatic rings. The van der Waals surface area contributed by atoms with Gasteiger partial charge < -0.3 is 28.7 Å². The van der Waals surface area contributed by atoms with E-state index < -0.39 is 0 Å². The molecule has 10 heteroatoms. The maximum absolute atomic E-state index is 4.85. The zero-order valence-electron chi connectivity index (χ0n) is 35.9. The Morgan fingerprint density at radius 1 is 0.492 bits per heavy atom. The molecule has 0 aliphatic carbocycles. The second-order valence-electron chi connectivity index (χ2n) is 16.2. The van der Waals surface area contributed by atoms with Crippen molar-refractivity contribution in [2.75, 3.05) is 23.9 Å². The number of para-hydroxylation sites is 2. The summed E-state index contributed by atoms with van der Waals surface area (Å²) in [5.41, 5.74) is 9.65. The van der Waals surface area contributed by atoms with E-state index in [2.05, 4.69) is 143 Å². The van der Waals surface area contributed by atoms with Crippen molar-refractivity contribution in [1.82, 2.24) is 33.9 Å². The Kier molecular flexibility index (Phi) is 13.6. The van der Waals surface area contributed by atoms with Gasteiger partial charge in [-0.3, -0.25) is 9.97 Å². The van der Waals surface area contributed by atoms with E-state index in [9.17, 15) is 0 Å². The average molecular weight is 957 g/mol. The fourth-order valence-corrected chi connectivity index (χ4v) is 7.55. The van der Waals surface area contributed by atoms with Crippen molar-refractivity contribution in [1.29, 1.82) is 0 Å². The van der Waals surface area contributed by atoms with E-state index in [0.717, 1.165) is 34.4 Å². The molecule has 0 N–H and O–H groups in total. The standard InChI is InChI=1S/C36H41N4.C13H15N5.Re/c1-23(2)29-14-10-15-30(24(3)4)33(29)39-20-18-37-35(39)27-12-9-13-28(22-27)36-38-19-21-40(36)34-31(25(5)6)16-11-17-32(34)26(7)8;1-15-6-8-17(10-15)12-4-3-5-13(14-12)18-9-7-16(2)11-18;/h9-21,23-26H,1-8H3;3-11H,1-2H3;/q-1;-2;. The minimum atomic E-state index is 0. The number of hydrogen-bond acceptors (Lipinski definition) is 7. The predicted molar refractivity (Wildman–Crippen MR) is 238 cm³/mol. The molecule has 0 bridgehead atoms. The van der Waals surface area contributed by atoms with E-state index in [1.54, 1.807) is 0 Å².